The second-order valence-corrected chi connectivity index (χ2v) is 8.31. The molecule has 1 aliphatic heterocycles. The number of ether oxygens (including phenoxy) is 1. The van der Waals surface area contributed by atoms with Crippen LogP contribution in [0, 0.1) is 0 Å². The van der Waals surface area contributed by atoms with Gasteiger partial charge in [0, 0.05) is 18.5 Å². The maximum Gasteiger partial charge on any atom is 0.417 e. The lowest BCUT2D eigenvalue weighted by molar-refractivity contribution is -0.137. The van der Waals surface area contributed by atoms with E-state index in [2.05, 4.69) is 0 Å². The van der Waals surface area contributed by atoms with Crippen LogP contribution in [-0.4, -0.2) is 27.3 Å². The number of rotatable bonds is 5. The quantitative estimate of drug-likeness (QED) is 0.682. The first-order valence-corrected chi connectivity index (χ1v) is 10.2. The van der Waals surface area contributed by atoms with Gasteiger partial charge in [-0.1, -0.05) is 11.6 Å². The Balaban J connectivity index is 2.03. The van der Waals surface area contributed by atoms with Crippen molar-refractivity contribution >= 4 is 44.8 Å². The normalized spacial score (nSPS) is 14.9. The van der Waals surface area contributed by atoms with Crippen LogP contribution in [-0.2, 0) is 25.8 Å². The van der Waals surface area contributed by atoms with E-state index >= 15 is 0 Å². The van der Waals surface area contributed by atoms with Crippen molar-refractivity contribution in [2.24, 2.45) is 0 Å². The van der Waals surface area contributed by atoms with Crippen LogP contribution in [0.3, 0.4) is 0 Å². The molecule has 0 unspecified atom stereocenters. The summed E-state index contributed by atoms with van der Waals surface area (Å²) < 4.78 is 71.9. The molecule has 0 aliphatic carbocycles. The van der Waals surface area contributed by atoms with Crippen molar-refractivity contribution < 1.29 is 35.9 Å². The number of benzene rings is 2. The molecule has 1 aliphatic rings. The Hall–Kier alpha value is -2.79. The van der Waals surface area contributed by atoms with Gasteiger partial charge in [-0.15, -0.1) is 0 Å². The molecule has 2 aromatic carbocycles. The molecule has 0 radical (unpaired) electrons. The average molecular weight is 463 g/mol. The van der Waals surface area contributed by atoms with E-state index in [0.717, 1.165) is 23.1 Å². The summed E-state index contributed by atoms with van der Waals surface area (Å²) in [5.41, 5.74) is -1.58. The number of carbonyl (C=O) groups excluding carboxylic acids is 2. The van der Waals surface area contributed by atoms with Crippen LogP contribution in [0.4, 0.5) is 24.5 Å². The molecule has 0 saturated carbocycles. The first-order valence-electron chi connectivity index (χ1n) is 8.37. The summed E-state index contributed by atoms with van der Waals surface area (Å²) in [6.07, 6.45) is -4.79. The van der Waals surface area contributed by atoms with Gasteiger partial charge in [-0.25, -0.2) is 8.42 Å². The molecule has 0 atom stereocenters. The van der Waals surface area contributed by atoms with Gasteiger partial charge in [-0.2, -0.15) is 13.2 Å². The second kappa shape index (κ2) is 7.80. The van der Waals surface area contributed by atoms with Crippen LogP contribution in [0.15, 0.2) is 41.3 Å². The van der Waals surface area contributed by atoms with Gasteiger partial charge in [0.2, 0.25) is 11.8 Å². The molecule has 2 amide bonds. The number of methoxy groups -OCH3 is 1. The summed E-state index contributed by atoms with van der Waals surface area (Å²) in [6.45, 7) is 0. The van der Waals surface area contributed by atoms with Crippen LogP contribution in [0.1, 0.15) is 18.4 Å². The Morgan fingerprint density at radius 2 is 1.70 bits per heavy atom. The van der Waals surface area contributed by atoms with Gasteiger partial charge in [-0.05, 0) is 36.4 Å². The lowest BCUT2D eigenvalue weighted by Gasteiger charge is -2.18. The lowest BCUT2D eigenvalue weighted by Crippen LogP contribution is -2.28. The Bertz CT molecular complexity index is 1120. The van der Waals surface area contributed by atoms with Gasteiger partial charge in [0.25, 0.3) is 10.0 Å². The second-order valence-electron chi connectivity index (χ2n) is 6.26. The number of alkyl halides is 3. The Labute approximate surface area is 174 Å². The van der Waals surface area contributed by atoms with E-state index in [1.165, 1.54) is 19.2 Å². The minimum atomic E-state index is -4.79. The largest absolute Gasteiger partial charge is 0.495 e. The Morgan fingerprint density at radius 1 is 1.07 bits per heavy atom. The molecule has 7 nitrogen and oxygen atoms in total. The average Bonchev–Trinajstić information content (AvgIpc) is 3.00. The number of carbonyl (C=O) groups is 2. The van der Waals surface area contributed by atoms with Gasteiger partial charge >= 0.3 is 6.18 Å². The summed E-state index contributed by atoms with van der Waals surface area (Å²) in [5, 5.41) is -0.587. The highest BCUT2D eigenvalue weighted by molar-refractivity contribution is 7.92. The molecule has 0 aromatic heterocycles. The van der Waals surface area contributed by atoms with Crippen molar-refractivity contribution in [1.29, 1.82) is 0 Å². The van der Waals surface area contributed by atoms with Gasteiger partial charge in [0.15, 0.2) is 0 Å². The molecule has 0 bridgehead atoms. The van der Waals surface area contributed by atoms with E-state index in [4.69, 9.17) is 16.3 Å². The summed E-state index contributed by atoms with van der Waals surface area (Å²) >= 11 is 5.55. The molecule has 2 aromatic rings. The highest BCUT2D eigenvalue weighted by atomic mass is 35.5. The minimum absolute atomic E-state index is 0.00378. The smallest absolute Gasteiger partial charge is 0.417 e. The monoisotopic (exact) mass is 462 g/mol. The summed E-state index contributed by atoms with van der Waals surface area (Å²) in [4.78, 5) is 24.3. The number of nitrogens with zero attached hydrogens (tertiary/aromatic N) is 1. The third-order valence-electron chi connectivity index (χ3n) is 4.27. The SMILES string of the molecule is COc1ccc(N2C(=O)CCC2=O)cc1S(=O)(=O)Nc1ccc(Cl)c(C(F)(F)F)c1. The van der Waals surface area contributed by atoms with Crippen molar-refractivity contribution in [3.63, 3.8) is 0 Å². The predicted octanol–water partition coefficient (Wildman–Crippen LogP) is 3.82. The zero-order valence-electron chi connectivity index (χ0n) is 15.3. The van der Waals surface area contributed by atoms with Crippen LogP contribution < -0.4 is 14.4 Å². The minimum Gasteiger partial charge on any atom is -0.495 e. The van der Waals surface area contributed by atoms with Gasteiger partial charge in [0.1, 0.15) is 10.6 Å². The zero-order chi connectivity index (χ0) is 22.3. The number of hydrogen-bond donors (Lipinski definition) is 1. The number of hydrogen-bond acceptors (Lipinski definition) is 5. The van der Waals surface area contributed by atoms with Crippen molar-refractivity contribution in [3.8, 4) is 5.75 Å². The van der Waals surface area contributed by atoms with E-state index in [0.29, 0.717) is 6.07 Å². The zero-order valence-corrected chi connectivity index (χ0v) is 16.9. The summed E-state index contributed by atoms with van der Waals surface area (Å²) in [5.74, 6) is -1.11. The van der Waals surface area contributed by atoms with Crippen molar-refractivity contribution in [2.45, 2.75) is 23.9 Å². The highest BCUT2D eigenvalue weighted by Gasteiger charge is 2.34. The first-order chi connectivity index (χ1) is 13.9. The molecule has 0 spiro atoms. The number of nitrogens with one attached hydrogen (secondary N) is 1. The molecular weight excluding hydrogens is 449 g/mol. The van der Waals surface area contributed by atoms with Crippen LogP contribution in [0.5, 0.6) is 5.75 Å². The maximum atomic E-state index is 13.1. The number of sulfonamides is 1. The molecular formula is C18H14ClF3N2O5S. The van der Waals surface area contributed by atoms with E-state index in [9.17, 15) is 31.2 Å². The predicted molar refractivity (Wildman–Crippen MR) is 102 cm³/mol. The molecule has 1 saturated heterocycles. The fraction of sp³-hybridized carbons (Fsp3) is 0.222. The fourth-order valence-electron chi connectivity index (χ4n) is 2.90. The third-order valence-corrected chi connectivity index (χ3v) is 6.00. The third kappa shape index (κ3) is 4.21. The van der Waals surface area contributed by atoms with Crippen LogP contribution in [0.25, 0.3) is 0 Å². The van der Waals surface area contributed by atoms with E-state index < -0.39 is 43.5 Å². The van der Waals surface area contributed by atoms with Gasteiger partial charge < -0.3 is 4.74 Å². The van der Waals surface area contributed by atoms with Gasteiger partial charge in [0.05, 0.1) is 23.4 Å². The molecule has 12 heteroatoms. The molecule has 1 N–H and O–H groups in total. The van der Waals surface area contributed by atoms with Crippen LogP contribution in [0.2, 0.25) is 5.02 Å². The topological polar surface area (TPSA) is 92.8 Å². The number of amides is 2. The van der Waals surface area contributed by atoms with Crippen molar-refractivity contribution in [3.05, 3.63) is 47.0 Å². The standard InChI is InChI=1S/C18H14ClF3N2O5S/c1-29-14-5-3-11(24-16(25)6-7-17(24)26)9-15(14)30(27,28)23-10-2-4-13(19)12(8-10)18(20,21)22/h2-5,8-9,23H,6-7H2,1H3. The van der Waals surface area contributed by atoms with E-state index in [1.807, 2.05) is 4.72 Å². The van der Waals surface area contributed by atoms with Crippen molar-refractivity contribution in [2.75, 3.05) is 16.7 Å². The Morgan fingerprint density at radius 3 is 2.27 bits per heavy atom. The van der Waals surface area contributed by atoms with Crippen LogP contribution >= 0.6 is 11.6 Å². The number of imide groups is 1. The summed E-state index contributed by atoms with van der Waals surface area (Å²) in [6, 6.07) is 6.16. The molecule has 1 fully saturated rings. The molecule has 3 rings (SSSR count). The Kier molecular flexibility index (Phi) is 5.70. The lowest BCUT2D eigenvalue weighted by atomic mass is 10.2. The summed E-state index contributed by atoms with van der Waals surface area (Å²) in [7, 11) is -3.25. The molecule has 30 heavy (non-hydrogen) atoms. The fourth-order valence-corrected chi connectivity index (χ4v) is 4.36. The maximum absolute atomic E-state index is 13.1. The first kappa shape index (κ1) is 21.9. The molecule has 160 valence electrons. The highest BCUT2D eigenvalue weighted by Crippen LogP contribution is 2.37. The molecule has 1 heterocycles. The number of anilines is 2. The van der Waals surface area contributed by atoms with Gasteiger partial charge in [-0.3, -0.25) is 19.2 Å². The van der Waals surface area contributed by atoms with Crippen molar-refractivity contribution in [1.82, 2.24) is 0 Å². The number of halogens is 4. The van der Waals surface area contributed by atoms with E-state index in [1.54, 1.807) is 0 Å². The van der Waals surface area contributed by atoms with E-state index in [-0.39, 0.29) is 30.0 Å².